The van der Waals surface area contributed by atoms with Crippen molar-refractivity contribution in [2.75, 3.05) is 0 Å². The molecule has 4 aliphatic carbocycles. The number of fused-ring (bicyclic) bond motifs is 5. The van der Waals surface area contributed by atoms with Gasteiger partial charge in [0.05, 0.1) is 6.10 Å². The molecule has 0 aromatic heterocycles. The van der Waals surface area contributed by atoms with Gasteiger partial charge < -0.3 is 10.2 Å². The fraction of sp³-hybridized carbons (Fsp3) is 0.933. The second-order valence-corrected chi connectivity index (χ2v) is 13.6. The molecule has 3 unspecified atom stereocenters. The van der Waals surface area contributed by atoms with Crippen LogP contribution in [0.15, 0.2) is 11.6 Å². The summed E-state index contributed by atoms with van der Waals surface area (Å²) < 4.78 is 0. The van der Waals surface area contributed by atoms with E-state index in [1.807, 2.05) is 0 Å². The van der Waals surface area contributed by atoms with Crippen molar-refractivity contribution in [3.8, 4) is 0 Å². The number of rotatable bonds is 7. The van der Waals surface area contributed by atoms with Crippen LogP contribution in [0.4, 0.5) is 0 Å². The zero-order valence-electron chi connectivity index (χ0n) is 22.7. The zero-order chi connectivity index (χ0) is 24.1. The first-order valence-corrected chi connectivity index (χ1v) is 14.3. The van der Waals surface area contributed by atoms with Gasteiger partial charge in [0.15, 0.2) is 0 Å². The first-order chi connectivity index (χ1) is 15.5. The van der Waals surface area contributed by atoms with Crippen LogP contribution in [0.3, 0.4) is 0 Å². The molecule has 0 radical (unpaired) electrons. The maximum Gasteiger partial charge on any atom is 0.107 e. The molecular weight excluding hydrogens is 406 g/mol. The Hall–Kier alpha value is -0.380. The molecule has 0 heterocycles. The van der Waals surface area contributed by atoms with E-state index >= 15 is 0 Å². The molecule has 0 aromatic carbocycles. The molecule has 3 saturated carbocycles. The lowest BCUT2D eigenvalue weighted by molar-refractivity contribution is -0.0640. The maximum absolute atomic E-state index is 11.0. The van der Waals surface area contributed by atoms with Gasteiger partial charge >= 0.3 is 0 Å². The standard InChI is InChI=1S/C30H53NO2/c1-19(2)31(20(3)4)28(33)13-8-21(5)25-11-12-26-24-10-9-22-18-23(32)14-16-29(22,6)27(24)15-17-30(25,26)7/h9,19-21,23-28,32-33H,8,10-18H2,1-7H3/t21-,23+,24?,25-,26+,27+,28?,29+,30?/m1/s1. The number of hydrogen-bond acceptors (Lipinski definition) is 3. The SMILES string of the molecule is CC(C)N(C(C)C)C(O)CC[C@@H](C)[C@H]1CC[C@H]2C3CC=C4C[C@@H](O)CC[C@]4(C)[C@H]3CCC12C. The molecular formula is C30H53NO2. The Balaban J connectivity index is 1.43. The second kappa shape index (κ2) is 9.58. The Morgan fingerprint density at radius 1 is 0.939 bits per heavy atom. The summed E-state index contributed by atoms with van der Waals surface area (Å²) in [5.74, 6) is 4.01. The third kappa shape index (κ3) is 4.49. The van der Waals surface area contributed by atoms with Gasteiger partial charge in [-0.15, -0.1) is 0 Å². The van der Waals surface area contributed by atoms with Gasteiger partial charge in [-0.3, -0.25) is 4.90 Å². The Labute approximate surface area is 204 Å². The molecule has 0 amide bonds. The topological polar surface area (TPSA) is 43.7 Å². The van der Waals surface area contributed by atoms with Gasteiger partial charge in [0.1, 0.15) is 6.23 Å². The van der Waals surface area contributed by atoms with Gasteiger partial charge in [-0.1, -0.05) is 32.4 Å². The van der Waals surface area contributed by atoms with Gasteiger partial charge in [0, 0.05) is 12.1 Å². The van der Waals surface area contributed by atoms with E-state index in [2.05, 4.69) is 59.4 Å². The van der Waals surface area contributed by atoms with E-state index in [-0.39, 0.29) is 12.3 Å². The second-order valence-electron chi connectivity index (χ2n) is 13.6. The van der Waals surface area contributed by atoms with E-state index in [0.29, 0.717) is 28.8 Å². The largest absolute Gasteiger partial charge is 0.393 e. The predicted octanol–water partition coefficient (Wildman–Crippen LogP) is 6.78. The van der Waals surface area contributed by atoms with Crippen molar-refractivity contribution in [3.05, 3.63) is 11.6 Å². The molecule has 190 valence electrons. The molecule has 4 rings (SSSR count). The summed E-state index contributed by atoms with van der Waals surface area (Å²) in [6.07, 6.45) is 14.1. The fourth-order valence-corrected chi connectivity index (χ4v) is 9.66. The highest BCUT2D eigenvalue weighted by atomic mass is 16.3. The van der Waals surface area contributed by atoms with Gasteiger partial charge in [-0.25, -0.2) is 0 Å². The molecule has 3 fully saturated rings. The van der Waals surface area contributed by atoms with E-state index in [9.17, 15) is 10.2 Å². The molecule has 33 heavy (non-hydrogen) atoms. The lowest BCUT2D eigenvalue weighted by Gasteiger charge is -2.58. The lowest BCUT2D eigenvalue weighted by atomic mass is 9.47. The number of hydrogen-bond donors (Lipinski definition) is 2. The van der Waals surface area contributed by atoms with Gasteiger partial charge in [-0.05, 0) is 132 Å². The van der Waals surface area contributed by atoms with Crippen LogP contribution in [0.2, 0.25) is 0 Å². The molecule has 0 aromatic rings. The Morgan fingerprint density at radius 2 is 1.64 bits per heavy atom. The van der Waals surface area contributed by atoms with Crippen LogP contribution >= 0.6 is 0 Å². The summed E-state index contributed by atoms with van der Waals surface area (Å²) in [5.41, 5.74) is 2.40. The molecule has 0 saturated heterocycles. The summed E-state index contributed by atoms with van der Waals surface area (Å²) >= 11 is 0. The molecule has 0 aliphatic heterocycles. The third-order valence-corrected chi connectivity index (χ3v) is 11.3. The van der Waals surface area contributed by atoms with Crippen LogP contribution in [-0.2, 0) is 0 Å². The fourth-order valence-electron chi connectivity index (χ4n) is 9.66. The average molecular weight is 460 g/mol. The summed E-state index contributed by atoms with van der Waals surface area (Å²) in [6, 6.07) is 0.760. The van der Waals surface area contributed by atoms with Crippen LogP contribution in [0.25, 0.3) is 0 Å². The monoisotopic (exact) mass is 459 g/mol. The zero-order valence-corrected chi connectivity index (χ0v) is 22.7. The Kier molecular flexibility index (Phi) is 7.46. The van der Waals surface area contributed by atoms with Crippen molar-refractivity contribution in [2.45, 2.75) is 137 Å². The molecule has 9 atom stereocenters. The van der Waals surface area contributed by atoms with Gasteiger partial charge in [0.2, 0.25) is 0 Å². The smallest absolute Gasteiger partial charge is 0.107 e. The highest BCUT2D eigenvalue weighted by Gasteiger charge is 2.59. The van der Waals surface area contributed by atoms with Crippen molar-refractivity contribution in [1.29, 1.82) is 0 Å². The molecule has 3 nitrogen and oxygen atoms in total. The van der Waals surface area contributed by atoms with Gasteiger partial charge in [0.25, 0.3) is 0 Å². The first-order valence-electron chi connectivity index (χ1n) is 14.3. The first kappa shape index (κ1) is 25.7. The van der Waals surface area contributed by atoms with Crippen LogP contribution in [0.5, 0.6) is 0 Å². The number of aliphatic hydroxyl groups is 2. The van der Waals surface area contributed by atoms with Crippen LogP contribution in [-0.4, -0.2) is 39.5 Å². The minimum atomic E-state index is -0.323. The van der Waals surface area contributed by atoms with E-state index < -0.39 is 0 Å². The minimum absolute atomic E-state index is 0.107. The molecule has 3 heteroatoms. The number of nitrogens with zero attached hydrogens (tertiary/aromatic N) is 1. The quantitative estimate of drug-likeness (QED) is 0.326. The third-order valence-electron chi connectivity index (χ3n) is 11.3. The molecule has 2 N–H and O–H groups in total. The molecule has 0 spiro atoms. The van der Waals surface area contributed by atoms with Crippen molar-refractivity contribution in [1.82, 2.24) is 4.90 Å². The Morgan fingerprint density at radius 3 is 2.30 bits per heavy atom. The Bertz CT molecular complexity index is 708. The minimum Gasteiger partial charge on any atom is -0.393 e. The van der Waals surface area contributed by atoms with Gasteiger partial charge in [-0.2, -0.15) is 0 Å². The highest BCUT2D eigenvalue weighted by Crippen LogP contribution is 2.67. The van der Waals surface area contributed by atoms with Crippen LogP contribution in [0, 0.1) is 40.4 Å². The lowest BCUT2D eigenvalue weighted by Crippen LogP contribution is -2.51. The summed E-state index contributed by atoms with van der Waals surface area (Å²) in [6.45, 7) is 16.5. The molecule has 0 bridgehead atoms. The van der Waals surface area contributed by atoms with Crippen molar-refractivity contribution < 1.29 is 10.2 Å². The van der Waals surface area contributed by atoms with E-state index in [1.165, 1.54) is 38.5 Å². The van der Waals surface area contributed by atoms with Crippen molar-refractivity contribution in [3.63, 3.8) is 0 Å². The number of allylic oxidation sites excluding steroid dienone is 1. The summed E-state index contributed by atoms with van der Waals surface area (Å²) in [4.78, 5) is 2.27. The highest BCUT2D eigenvalue weighted by molar-refractivity contribution is 5.25. The maximum atomic E-state index is 11.0. The van der Waals surface area contributed by atoms with Crippen LogP contribution in [0.1, 0.15) is 113 Å². The summed E-state index contributed by atoms with van der Waals surface area (Å²) in [5, 5.41) is 21.2. The number of aliphatic hydroxyl groups excluding tert-OH is 2. The van der Waals surface area contributed by atoms with E-state index in [1.54, 1.807) is 5.57 Å². The average Bonchev–Trinajstić information content (AvgIpc) is 3.09. The van der Waals surface area contributed by atoms with Crippen molar-refractivity contribution in [2.24, 2.45) is 40.4 Å². The van der Waals surface area contributed by atoms with E-state index in [0.717, 1.165) is 49.4 Å². The van der Waals surface area contributed by atoms with Crippen molar-refractivity contribution >= 4 is 0 Å². The summed E-state index contributed by atoms with van der Waals surface area (Å²) in [7, 11) is 0. The predicted molar refractivity (Wildman–Crippen MR) is 138 cm³/mol. The van der Waals surface area contributed by atoms with E-state index in [4.69, 9.17) is 0 Å². The molecule has 4 aliphatic rings. The van der Waals surface area contributed by atoms with Crippen LogP contribution < -0.4 is 0 Å². The normalized spacial score (nSPS) is 42.7.